The number of hydrogen-bond acceptors (Lipinski definition) is 4. The lowest BCUT2D eigenvalue weighted by atomic mass is 10.1. The highest BCUT2D eigenvalue weighted by molar-refractivity contribution is 7.92. The smallest absolute Gasteiger partial charge is 0.264 e. The fourth-order valence-electron chi connectivity index (χ4n) is 4.01. The van der Waals surface area contributed by atoms with Crippen LogP contribution in [-0.4, -0.2) is 43.3 Å². The van der Waals surface area contributed by atoms with E-state index >= 15 is 0 Å². The van der Waals surface area contributed by atoms with Crippen molar-refractivity contribution in [1.29, 1.82) is 0 Å². The molecule has 0 bridgehead atoms. The number of amides is 2. The second kappa shape index (κ2) is 12.5. The lowest BCUT2D eigenvalue weighted by Crippen LogP contribution is -2.55. The average Bonchev–Trinajstić information content (AvgIpc) is 2.87. The van der Waals surface area contributed by atoms with E-state index in [0.717, 1.165) is 9.87 Å². The number of nitrogens with zero attached hydrogens (tertiary/aromatic N) is 2. The van der Waals surface area contributed by atoms with Gasteiger partial charge in [-0.25, -0.2) is 8.42 Å². The number of carbonyl (C=O) groups excluding carboxylic acids is 2. The minimum Gasteiger partial charge on any atom is -0.350 e. The molecule has 1 atom stereocenters. The van der Waals surface area contributed by atoms with E-state index in [0.29, 0.717) is 17.1 Å². The fourth-order valence-corrected chi connectivity index (χ4v) is 5.55. The Morgan fingerprint density at radius 3 is 1.97 bits per heavy atom. The highest BCUT2D eigenvalue weighted by Crippen LogP contribution is 2.25. The van der Waals surface area contributed by atoms with Crippen LogP contribution in [0.5, 0.6) is 0 Å². The summed E-state index contributed by atoms with van der Waals surface area (Å²) >= 11 is 5.98. The van der Waals surface area contributed by atoms with Gasteiger partial charge in [0.15, 0.2) is 0 Å². The van der Waals surface area contributed by atoms with Crippen molar-refractivity contribution in [3.63, 3.8) is 0 Å². The molecule has 0 aliphatic heterocycles. The molecule has 7 nitrogen and oxygen atoms in total. The van der Waals surface area contributed by atoms with Gasteiger partial charge in [-0.2, -0.15) is 0 Å². The van der Waals surface area contributed by atoms with E-state index < -0.39 is 34.1 Å². The van der Waals surface area contributed by atoms with Crippen LogP contribution in [0.3, 0.4) is 0 Å². The molecule has 3 aromatic rings. The van der Waals surface area contributed by atoms with Gasteiger partial charge in [-0.15, -0.1) is 0 Å². The fraction of sp³-hybridized carbons (Fsp3) is 0.310. The summed E-state index contributed by atoms with van der Waals surface area (Å²) < 4.78 is 28.6. The van der Waals surface area contributed by atoms with E-state index in [1.807, 2.05) is 58.0 Å². The number of hydrogen-bond donors (Lipinski definition) is 1. The molecule has 0 aliphatic rings. The summed E-state index contributed by atoms with van der Waals surface area (Å²) in [6, 6.07) is 22.8. The molecule has 38 heavy (non-hydrogen) atoms. The van der Waals surface area contributed by atoms with E-state index in [2.05, 4.69) is 5.32 Å². The number of nitrogens with one attached hydrogen (secondary N) is 1. The number of carbonyl (C=O) groups is 2. The quantitative estimate of drug-likeness (QED) is 0.370. The van der Waals surface area contributed by atoms with Crippen molar-refractivity contribution < 1.29 is 18.0 Å². The summed E-state index contributed by atoms with van der Waals surface area (Å²) in [5.41, 5.74) is 0.664. The Balaban J connectivity index is 2.03. The summed E-state index contributed by atoms with van der Waals surface area (Å²) in [7, 11) is -4.13. The van der Waals surface area contributed by atoms with Gasteiger partial charge in [-0.05, 0) is 69.2 Å². The topological polar surface area (TPSA) is 86.8 Å². The first kappa shape index (κ1) is 29.2. The second-order valence-electron chi connectivity index (χ2n) is 9.97. The summed E-state index contributed by atoms with van der Waals surface area (Å²) in [5, 5.41) is 3.36. The lowest BCUT2D eigenvalue weighted by Gasteiger charge is -2.34. The number of benzene rings is 3. The Morgan fingerprint density at radius 1 is 0.895 bits per heavy atom. The molecule has 1 N–H and O–H groups in total. The van der Waals surface area contributed by atoms with Crippen molar-refractivity contribution in [2.75, 3.05) is 10.8 Å². The third-order valence-electron chi connectivity index (χ3n) is 5.80. The molecule has 0 spiro atoms. The van der Waals surface area contributed by atoms with E-state index in [1.54, 1.807) is 30.3 Å². The molecule has 9 heteroatoms. The molecule has 3 rings (SSSR count). The first-order valence-electron chi connectivity index (χ1n) is 12.4. The maximum absolute atomic E-state index is 14.0. The van der Waals surface area contributed by atoms with Crippen LogP contribution >= 0.6 is 11.6 Å². The molecule has 3 aromatic carbocycles. The molecule has 0 aromatic heterocycles. The molecule has 0 heterocycles. The molecule has 0 fully saturated rings. The van der Waals surface area contributed by atoms with Gasteiger partial charge in [0.2, 0.25) is 11.8 Å². The summed E-state index contributed by atoms with van der Waals surface area (Å²) in [4.78, 5) is 28.7. The Hall–Kier alpha value is -3.36. The number of sulfonamides is 1. The number of rotatable bonds is 10. The van der Waals surface area contributed by atoms with Gasteiger partial charge in [-0.1, -0.05) is 67.1 Å². The lowest BCUT2D eigenvalue weighted by molar-refractivity contribution is -0.141. The van der Waals surface area contributed by atoms with Crippen LogP contribution in [0.15, 0.2) is 89.8 Å². The largest absolute Gasteiger partial charge is 0.350 e. The van der Waals surface area contributed by atoms with Crippen LogP contribution in [0.1, 0.15) is 39.7 Å². The predicted octanol–water partition coefficient (Wildman–Crippen LogP) is 5.26. The normalized spacial score (nSPS) is 12.4. The van der Waals surface area contributed by atoms with Crippen molar-refractivity contribution >= 4 is 39.1 Å². The van der Waals surface area contributed by atoms with Crippen molar-refractivity contribution in [2.45, 2.75) is 57.1 Å². The van der Waals surface area contributed by atoms with Gasteiger partial charge in [0.05, 0.1) is 10.6 Å². The van der Waals surface area contributed by atoms with Crippen LogP contribution in [0, 0.1) is 0 Å². The Kier molecular flexibility index (Phi) is 9.57. The van der Waals surface area contributed by atoms with Crippen molar-refractivity contribution in [1.82, 2.24) is 10.2 Å². The monoisotopic (exact) mass is 555 g/mol. The van der Waals surface area contributed by atoms with Crippen LogP contribution < -0.4 is 9.62 Å². The third-order valence-corrected chi connectivity index (χ3v) is 7.84. The number of anilines is 1. The van der Waals surface area contributed by atoms with E-state index in [1.165, 1.54) is 29.2 Å². The molecule has 2 amide bonds. The first-order valence-corrected chi connectivity index (χ1v) is 14.2. The highest BCUT2D eigenvalue weighted by Gasteiger charge is 2.34. The van der Waals surface area contributed by atoms with Crippen LogP contribution in [-0.2, 0) is 26.2 Å². The van der Waals surface area contributed by atoms with Gasteiger partial charge < -0.3 is 10.2 Å². The Bertz CT molecular complexity index is 1330. The van der Waals surface area contributed by atoms with Gasteiger partial charge in [-0.3, -0.25) is 13.9 Å². The molecular formula is C29H34ClN3O4S. The van der Waals surface area contributed by atoms with Gasteiger partial charge in [0.1, 0.15) is 12.6 Å². The van der Waals surface area contributed by atoms with Gasteiger partial charge >= 0.3 is 0 Å². The van der Waals surface area contributed by atoms with Crippen molar-refractivity contribution in [3.8, 4) is 0 Å². The standard InChI is InChI=1S/C29H34ClN3O4S/c1-5-26(28(35)31-29(2,3)4)32(20-22-12-8-6-9-13-22)27(34)21-33(24-14-10-7-11-15-24)38(36,37)25-18-16-23(30)17-19-25/h6-19,26H,5,20-21H2,1-4H3,(H,31,35)/t26-/m0/s1. The van der Waals surface area contributed by atoms with Gasteiger partial charge in [0, 0.05) is 17.1 Å². The zero-order valence-corrected chi connectivity index (χ0v) is 23.7. The number of halogens is 1. The van der Waals surface area contributed by atoms with E-state index in [4.69, 9.17) is 11.6 Å². The second-order valence-corrected chi connectivity index (χ2v) is 12.3. The van der Waals surface area contributed by atoms with Crippen molar-refractivity contribution in [2.24, 2.45) is 0 Å². The summed E-state index contributed by atoms with van der Waals surface area (Å²) in [6.07, 6.45) is 0.357. The molecule has 0 saturated carbocycles. The Morgan fingerprint density at radius 2 is 1.45 bits per heavy atom. The maximum Gasteiger partial charge on any atom is 0.264 e. The first-order chi connectivity index (χ1) is 17.9. The zero-order chi connectivity index (χ0) is 27.9. The molecule has 202 valence electrons. The molecule has 0 radical (unpaired) electrons. The Labute approximate surface area is 230 Å². The minimum atomic E-state index is -4.13. The summed E-state index contributed by atoms with van der Waals surface area (Å²) in [5.74, 6) is -0.790. The molecule has 0 unspecified atom stereocenters. The number of para-hydroxylation sites is 1. The minimum absolute atomic E-state index is 0.00526. The van der Waals surface area contributed by atoms with Crippen molar-refractivity contribution in [3.05, 3.63) is 95.5 Å². The SMILES string of the molecule is CC[C@@H](C(=O)NC(C)(C)C)N(Cc1ccccc1)C(=O)CN(c1ccccc1)S(=O)(=O)c1ccc(Cl)cc1. The molecule has 0 saturated heterocycles. The van der Waals surface area contributed by atoms with Crippen LogP contribution in [0.2, 0.25) is 5.02 Å². The molecule has 0 aliphatic carbocycles. The predicted molar refractivity (Wildman–Crippen MR) is 151 cm³/mol. The van der Waals surface area contributed by atoms with Gasteiger partial charge in [0.25, 0.3) is 10.0 Å². The van der Waals surface area contributed by atoms with E-state index in [9.17, 15) is 18.0 Å². The highest BCUT2D eigenvalue weighted by atomic mass is 35.5. The molecular weight excluding hydrogens is 522 g/mol. The average molecular weight is 556 g/mol. The van der Waals surface area contributed by atoms with E-state index in [-0.39, 0.29) is 17.3 Å². The maximum atomic E-state index is 14.0. The summed E-state index contributed by atoms with van der Waals surface area (Å²) in [6.45, 7) is 7.11. The third kappa shape index (κ3) is 7.58. The van der Waals surface area contributed by atoms with Crippen LogP contribution in [0.25, 0.3) is 0 Å². The van der Waals surface area contributed by atoms with Crippen LogP contribution in [0.4, 0.5) is 5.69 Å². The zero-order valence-electron chi connectivity index (χ0n) is 22.1.